The van der Waals surface area contributed by atoms with Crippen molar-refractivity contribution < 1.29 is 9.13 Å². The molecule has 100 valence electrons. The lowest BCUT2D eigenvalue weighted by atomic mass is 10.1. The Morgan fingerprint density at radius 3 is 2.42 bits per heavy atom. The molecule has 1 unspecified atom stereocenters. The number of benzene rings is 2. The molecule has 2 nitrogen and oxygen atoms in total. The second-order valence-electron chi connectivity index (χ2n) is 4.05. The van der Waals surface area contributed by atoms with Crippen molar-refractivity contribution in [3.05, 3.63) is 59.9 Å². The maximum Gasteiger partial charge on any atom is 0.136 e. The van der Waals surface area contributed by atoms with Crippen LogP contribution in [0.25, 0.3) is 0 Å². The van der Waals surface area contributed by atoms with Gasteiger partial charge in [0, 0.05) is 16.7 Å². The zero-order valence-corrected chi connectivity index (χ0v) is 11.5. The van der Waals surface area contributed by atoms with E-state index in [-0.39, 0.29) is 11.1 Å². The molecule has 1 atom stereocenters. The van der Waals surface area contributed by atoms with Gasteiger partial charge in [0.2, 0.25) is 0 Å². The van der Waals surface area contributed by atoms with Crippen LogP contribution >= 0.6 is 11.8 Å². The molecule has 0 fully saturated rings. The molecule has 0 spiro atoms. The highest BCUT2D eigenvalue weighted by Crippen LogP contribution is 2.36. The van der Waals surface area contributed by atoms with E-state index in [2.05, 4.69) is 0 Å². The molecule has 0 aliphatic rings. The molecule has 0 saturated heterocycles. The number of nitrogens with two attached hydrogens (primary N) is 1. The quantitative estimate of drug-likeness (QED) is 0.848. The lowest BCUT2D eigenvalue weighted by molar-refractivity contribution is 0.414. The SMILES string of the molecule is COc1ccc(C(CN)Sc2ccccc2F)cc1. The molecule has 4 heteroatoms. The van der Waals surface area contributed by atoms with E-state index in [1.807, 2.05) is 30.3 Å². The highest BCUT2D eigenvalue weighted by molar-refractivity contribution is 7.99. The third-order valence-electron chi connectivity index (χ3n) is 2.81. The molecule has 0 saturated carbocycles. The summed E-state index contributed by atoms with van der Waals surface area (Å²) in [4.78, 5) is 0.619. The Morgan fingerprint density at radius 1 is 1.16 bits per heavy atom. The summed E-state index contributed by atoms with van der Waals surface area (Å²) in [6, 6.07) is 14.4. The molecular weight excluding hydrogens is 261 g/mol. The summed E-state index contributed by atoms with van der Waals surface area (Å²) >= 11 is 1.44. The van der Waals surface area contributed by atoms with E-state index in [1.165, 1.54) is 17.8 Å². The summed E-state index contributed by atoms with van der Waals surface area (Å²) in [5.74, 6) is 0.592. The molecule has 0 radical (unpaired) electrons. The average Bonchev–Trinajstić information content (AvgIpc) is 2.47. The zero-order chi connectivity index (χ0) is 13.7. The Morgan fingerprint density at radius 2 is 1.84 bits per heavy atom. The van der Waals surface area contributed by atoms with E-state index >= 15 is 0 Å². The summed E-state index contributed by atoms with van der Waals surface area (Å²) in [7, 11) is 1.63. The van der Waals surface area contributed by atoms with Crippen LogP contribution in [0.15, 0.2) is 53.4 Å². The molecule has 0 aliphatic carbocycles. The summed E-state index contributed by atoms with van der Waals surface area (Å²) in [6.07, 6.45) is 0. The van der Waals surface area contributed by atoms with E-state index in [9.17, 15) is 4.39 Å². The number of hydrogen-bond acceptors (Lipinski definition) is 3. The molecule has 2 aromatic rings. The topological polar surface area (TPSA) is 35.2 Å². The van der Waals surface area contributed by atoms with E-state index in [0.717, 1.165) is 11.3 Å². The molecule has 0 aromatic heterocycles. The normalized spacial score (nSPS) is 12.2. The summed E-state index contributed by atoms with van der Waals surface area (Å²) in [5.41, 5.74) is 6.86. The predicted octanol–water partition coefficient (Wildman–Crippen LogP) is 3.63. The van der Waals surface area contributed by atoms with Gasteiger partial charge in [0.15, 0.2) is 0 Å². The number of halogens is 1. The van der Waals surface area contributed by atoms with Crippen molar-refractivity contribution >= 4 is 11.8 Å². The van der Waals surface area contributed by atoms with E-state index in [1.54, 1.807) is 19.2 Å². The van der Waals surface area contributed by atoms with Crippen molar-refractivity contribution in [3.8, 4) is 5.75 Å². The zero-order valence-electron chi connectivity index (χ0n) is 10.7. The van der Waals surface area contributed by atoms with Crippen molar-refractivity contribution in [2.45, 2.75) is 10.1 Å². The molecule has 2 aromatic carbocycles. The molecule has 0 bridgehead atoms. The fourth-order valence-electron chi connectivity index (χ4n) is 1.76. The van der Waals surface area contributed by atoms with Gasteiger partial charge in [-0.25, -0.2) is 4.39 Å². The molecular formula is C15H16FNOS. The van der Waals surface area contributed by atoms with Crippen molar-refractivity contribution in [2.24, 2.45) is 5.73 Å². The van der Waals surface area contributed by atoms with Crippen LogP contribution in [0, 0.1) is 5.82 Å². The van der Waals surface area contributed by atoms with Gasteiger partial charge < -0.3 is 10.5 Å². The van der Waals surface area contributed by atoms with Crippen LogP contribution in [-0.4, -0.2) is 13.7 Å². The number of rotatable bonds is 5. The van der Waals surface area contributed by atoms with E-state index in [4.69, 9.17) is 10.5 Å². The summed E-state index contributed by atoms with van der Waals surface area (Å²) in [6.45, 7) is 0.450. The minimum absolute atomic E-state index is 0.0304. The van der Waals surface area contributed by atoms with Gasteiger partial charge in [-0.3, -0.25) is 0 Å². The highest BCUT2D eigenvalue weighted by atomic mass is 32.2. The Hall–Kier alpha value is -1.52. The fraction of sp³-hybridized carbons (Fsp3) is 0.200. The number of thioether (sulfide) groups is 1. The molecule has 2 N–H and O–H groups in total. The smallest absolute Gasteiger partial charge is 0.136 e. The minimum Gasteiger partial charge on any atom is -0.497 e. The van der Waals surface area contributed by atoms with Crippen LogP contribution in [0.3, 0.4) is 0 Å². The number of hydrogen-bond donors (Lipinski definition) is 1. The monoisotopic (exact) mass is 277 g/mol. The maximum absolute atomic E-state index is 13.6. The average molecular weight is 277 g/mol. The molecule has 0 amide bonds. The number of methoxy groups -OCH3 is 1. The van der Waals surface area contributed by atoms with Crippen LogP contribution in [0.2, 0.25) is 0 Å². The fourth-order valence-corrected chi connectivity index (χ4v) is 2.80. The third-order valence-corrected chi connectivity index (χ3v) is 4.14. The van der Waals surface area contributed by atoms with Crippen molar-refractivity contribution in [2.75, 3.05) is 13.7 Å². The van der Waals surface area contributed by atoms with Gasteiger partial charge in [-0.2, -0.15) is 0 Å². The van der Waals surface area contributed by atoms with Crippen LogP contribution in [0.5, 0.6) is 5.75 Å². The van der Waals surface area contributed by atoms with Gasteiger partial charge in [0.05, 0.1) is 7.11 Å². The molecule has 0 aliphatic heterocycles. The Bertz CT molecular complexity index is 530. The van der Waals surface area contributed by atoms with Crippen molar-refractivity contribution in [1.82, 2.24) is 0 Å². The highest BCUT2D eigenvalue weighted by Gasteiger charge is 2.13. The summed E-state index contributed by atoms with van der Waals surface area (Å²) < 4.78 is 18.8. The second-order valence-corrected chi connectivity index (χ2v) is 5.29. The lowest BCUT2D eigenvalue weighted by Crippen LogP contribution is -2.09. The first-order valence-corrected chi connectivity index (χ1v) is 6.87. The van der Waals surface area contributed by atoms with Gasteiger partial charge in [-0.1, -0.05) is 24.3 Å². The summed E-state index contributed by atoms with van der Waals surface area (Å²) in [5, 5.41) is 0.0304. The molecule has 2 rings (SSSR count). The van der Waals surface area contributed by atoms with Crippen LogP contribution < -0.4 is 10.5 Å². The Kier molecular flexibility index (Phi) is 4.82. The first-order chi connectivity index (χ1) is 9.24. The first-order valence-electron chi connectivity index (χ1n) is 6.00. The number of ether oxygens (including phenoxy) is 1. The van der Waals surface area contributed by atoms with Crippen molar-refractivity contribution in [3.63, 3.8) is 0 Å². The van der Waals surface area contributed by atoms with Gasteiger partial charge in [0.25, 0.3) is 0 Å². The predicted molar refractivity (Wildman–Crippen MR) is 77.0 cm³/mol. The third kappa shape index (κ3) is 3.49. The van der Waals surface area contributed by atoms with Crippen LogP contribution in [0.1, 0.15) is 10.8 Å². The standard InChI is InChI=1S/C15H16FNOS/c1-18-12-8-6-11(7-9-12)15(10-17)19-14-5-3-2-4-13(14)16/h2-9,15H,10,17H2,1H3. The minimum atomic E-state index is -0.209. The van der Waals surface area contributed by atoms with E-state index < -0.39 is 0 Å². The maximum atomic E-state index is 13.6. The Labute approximate surface area is 116 Å². The van der Waals surface area contributed by atoms with Crippen LogP contribution in [-0.2, 0) is 0 Å². The van der Waals surface area contributed by atoms with E-state index in [0.29, 0.717) is 11.4 Å². The Balaban J connectivity index is 2.17. The van der Waals surface area contributed by atoms with Gasteiger partial charge >= 0.3 is 0 Å². The van der Waals surface area contributed by atoms with Crippen LogP contribution in [0.4, 0.5) is 4.39 Å². The lowest BCUT2D eigenvalue weighted by Gasteiger charge is -2.15. The molecule has 19 heavy (non-hydrogen) atoms. The van der Waals surface area contributed by atoms with Gasteiger partial charge in [-0.05, 0) is 29.8 Å². The van der Waals surface area contributed by atoms with Gasteiger partial charge in [0.1, 0.15) is 11.6 Å². The second kappa shape index (κ2) is 6.59. The van der Waals surface area contributed by atoms with Crippen molar-refractivity contribution in [1.29, 1.82) is 0 Å². The largest absolute Gasteiger partial charge is 0.497 e. The van der Waals surface area contributed by atoms with Gasteiger partial charge in [-0.15, -0.1) is 11.8 Å². The first kappa shape index (κ1) is 13.9. The molecule has 0 heterocycles.